The number of ether oxygens (including phenoxy) is 6. The minimum atomic E-state index is -1.70. The number of carbonyl (C=O) groups excluding carboxylic acids is 1. The fraction of sp³-hybridized carbons (Fsp3) is 0.981. The molecule has 0 aromatic heterocycles. The highest BCUT2D eigenvalue weighted by molar-refractivity contribution is 5.69. The van der Waals surface area contributed by atoms with Gasteiger partial charge in [0.05, 0.1) is 26.4 Å². The van der Waals surface area contributed by atoms with Crippen molar-refractivity contribution in [3.63, 3.8) is 0 Å². The predicted molar refractivity (Wildman–Crippen MR) is 261 cm³/mol. The summed E-state index contributed by atoms with van der Waals surface area (Å²) in [6, 6.07) is 0. The number of rotatable bonds is 45. The molecule has 67 heavy (non-hydrogen) atoms. The van der Waals surface area contributed by atoms with Crippen LogP contribution in [0.2, 0.25) is 0 Å². The second kappa shape index (κ2) is 41.6. The molecule has 0 spiro atoms. The standard InChI is InChI=1S/C53H102O14/c1-3-5-7-9-11-13-14-15-16-17-18-19-20-21-22-23-24-25-26-27-29-31-33-35-37-62-39-42(65-45(55)36-34-32-30-28-12-10-8-6-4-2)40-63-52-51(61)49(59)47(57)44(67-52)41-64-53-50(60)48(58)46(56)43(38-54)66-53/h42-44,46-54,56-61H,3-41H2,1-2H3. The van der Waals surface area contributed by atoms with E-state index in [1.807, 2.05) is 0 Å². The van der Waals surface area contributed by atoms with Gasteiger partial charge in [-0.15, -0.1) is 0 Å². The molecule has 398 valence electrons. The number of carbonyl (C=O) groups is 1. The van der Waals surface area contributed by atoms with Crippen molar-refractivity contribution in [1.82, 2.24) is 0 Å². The largest absolute Gasteiger partial charge is 0.457 e. The second-order valence-corrected chi connectivity index (χ2v) is 19.8. The molecule has 0 amide bonds. The van der Waals surface area contributed by atoms with Crippen molar-refractivity contribution in [3.8, 4) is 0 Å². The van der Waals surface area contributed by atoms with Gasteiger partial charge in [0.1, 0.15) is 54.9 Å². The van der Waals surface area contributed by atoms with Gasteiger partial charge in [-0.3, -0.25) is 4.79 Å². The first kappa shape index (κ1) is 62.1. The summed E-state index contributed by atoms with van der Waals surface area (Å²) in [5, 5.41) is 72.1. The van der Waals surface area contributed by atoms with Crippen LogP contribution >= 0.6 is 0 Å². The molecular formula is C53H102O14. The van der Waals surface area contributed by atoms with E-state index in [-0.39, 0.29) is 25.6 Å². The van der Waals surface area contributed by atoms with Gasteiger partial charge in [-0.1, -0.05) is 213 Å². The van der Waals surface area contributed by atoms with E-state index in [9.17, 15) is 40.5 Å². The molecular weight excluding hydrogens is 861 g/mol. The maximum Gasteiger partial charge on any atom is 0.306 e. The van der Waals surface area contributed by atoms with Crippen LogP contribution in [0, 0.1) is 0 Å². The Balaban J connectivity index is 1.65. The molecule has 14 heteroatoms. The maximum atomic E-state index is 12.9. The minimum Gasteiger partial charge on any atom is -0.457 e. The minimum absolute atomic E-state index is 0.0699. The van der Waals surface area contributed by atoms with E-state index in [0.717, 1.165) is 38.5 Å². The molecule has 14 nitrogen and oxygen atoms in total. The fourth-order valence-electron chi connectivity index (χ4n) is 9.11. The summed E-state index contributed by atoms with van der Waals surface area (Å²) in [7, 11) is 0. The summed E-state index contributed by atoms with van der Waals surface area (Å²) in [6.45, 7) is 3.71. The summed E-state index contributed by atoms with van der Waals surface area (Å²) in [6.07, 6.45) is 26.2. The second-order valence-electron chi connectivity index (χ2n) is 19.8. The van der Waals surface area contributed by atoms with Gasteiger partial charge >= 0.3 is 5.97 Å². The van der Waals surface area contributed by atoms with Crippen LogP contribution < -0.4 is 0 Å². The molecule has 0 saturated carbocycles. The van der Waals surface area contributed by atoms with Gasteiger partial charge in [-0.25, -0.2) is 0 Å². The molecule has 0 aliphatic carbocycles. The topological polar surface area (TPSA) is 214 Å². The third kappa shape index (κ3) is 29.2. The van der Waals surface area contributed by atoms with Gasteiger partial charge in [-0.2, -0.15) is 0 Å². The summed E-state index contributed by atoms with van der Waals surface area (Å²) < 4.78 is 34.3. The predicted octanol–water partition coefficient (Wildman–Crippen LogP) is 8.86. The van der Waals surface area contributed by atoms with Gasteiger partial charge in [-0.05, 0) is 12.8 Å². The first-order valence-electron chi connectivity index (χ1n) is 27.6. The van der Waals surface area contributed by atoms with Crippen LogP contribution in [0.4, 0.5) is 0 Å². The Morgan fingerprint density at radius 3 is 1.21 bits per heavy atom. The Hall–Kier alpha value is -1.01. The van der Waals surface area contributed by atoms with E-state index < -0.39 is 80.7 Å². The Kier molecular flexibility index (Phi) is 38.6. The lowest BCUT2D eigenvalue weighted by Crippen LogP contribution is -2.61. The summed E-state index contributed by atoms with van der Waals surface area (Å²) in [5.41, 5.74) is 0. The van der Waals surface area contributed by atoms with E-state index >= 15 is 0 Å². The van der Waals surface area contributed by atoms with Gasteiger partial charge in [0, 0.05) is 13.0 Å². The van der Waals surface area contributed by atoms with Gasteiger partial charge < -0.3 is 64.2 Å². The van der Waals surface area contributed by atoms with Crippen molar-refractivity contribution in [2.45, 2.75) is 300 Å². The third-order valence-corrected chi connectivity index (χ3v) is 13.6. The Labute approximate surface area is 406 Å². The zero-order chi connectivity index (χ0) is 48.7. The zero-order valence-electron chi connectivity index (χ0n) is 42.4. The molecule has 2 aliphatic heterocycles. The van der Waals surface area contributed by atoms with Gasteiger partial charge in [0.15, 0.2) is 12.6 Å². The molecule has 2 fully saturated rings. The molecule has 7 N–H and O–H groups in total. The first-order valence-corrected chi connectivity index (χ1v) is 27.6. The van der Waals surface area contributed by atoms with Gasteiger partial charge in [0.25, 0.3) is 0 Å². The molecule has 2 heterocycles. The molecule has 11 unspecified atom stereocenters. The number of aliphatic hydroxyl groups excluding tert-OH is 7. The summed E-state index contributed by atoms with van der Waals surface area (Å²) in [5.74, 6) is -0.374. The van der Waals surface area contributed by atoms with Crippen LogP contribution in [0.5, 0.6) is 0 Å². The van der Waals surface area contributed by atoms with Crippen LogP contribution in [0.25, 0.3) is 0 Å². The summed E-state index contributed by atoms with van der Waals surface area (Å²) in [4.78, 5) is 12.9. The smallest absolute Gasteiger partial charge is 0.306 e. The number of hydrogen-bond donors (Lipinski definition) is 7. The van der Waals surface area contributed by atoms with Crippen LogP contribution in [-0.2, 0) is 33.2 Å². The first-order chi connectivity index (χ1) is 32.6. The maximum absolute atomic E-state index is 12.9. The molecule has 0 radical (unpaired) electrons. The van der Waals surface area contributed by atoms with Crippen molar-refractivity contribution in [1.29, 1.82) is 0 Å². The summed E-state index contributed by atoms with van der Waals surface area (Å²) >= 11 is 0. The van der Waals surface area contributed by atoms with E-state index in [1.54, 1.807) is 0 Å². The number of hydrogen-bond acceptors (Lipinski definition) is 14. The quantitative estimate of drug-likeness (QED) is 0.0224. The molecule has 0 aromatic carbocycles. The monoisotopic (exact) mass is 963 g/mol. The average Bonchev–Trinajstić information content (AvgIpc) is 3.32. The number of unbranched alkanes of at least 4 members (excludes halogenated alkanes) is 31. The van der Waals surface area contributed by atoms with Crippen molar-refractivity contribution >= 4 is 5.97 Å². The van der Waals surface area contributed by atoms with Crippen LogP contribution in [0.1, 0.15) is 232 Å². The normalized spacial score (nSPS) is 26.0. The molecule has 0 aromatic rings. The SMILES string of the molecule is CCCCCCCCCCCCCCCCCCCCCCCCCCOCC(COC1OC(COC2OC(CO)C(O)C(O)C2O)C(O)C(O)C1O)OC(=O)CCCCCCCCCCC. The van der Waals surface area contributed by atoms with E-state index in [1.165, 1.54) is 167 Å². The van der Waals surface area contributed by atoms with Crippen molar-refractivity contribution in [2.75, 3.05) is 33.0 Å². The Morgan fingerprint density at radius 2 is 0.791 bits per heavy atom. The van der Waals surface area contributed by atoms with E-state index in [4.69, 9.17) is 28.4 Å². The van der Waals surface area contributed by atoms with Crippen molar-refractivity contribution < 1.29 is 69.0 Å². The highest BCUT2D eigenvalue weighted by Crippen LogP contribution is 2.27. The highest BCUT2D eigenvalue weighted by atomic mass is 16.7. The molecule has 2 rings (SSSR count). The lowest BCUT2D eigenvalue weighted by molar-refractivity contribution is -0.332. The molecule has 11 atom stereocenters. The molecule has 2 saturated heterocycles. The number of aliphatic hydroxyl groups is 7. The van der Waals surface area contributed by atoms with Crippen LogP contribution in [0.3, 0.4) is 0 Å². The lowest BCUT2D eigenvalue weighted by atomic mass is 9.98. The lowest BCUT2D eigenvalue weighted by Gasteiger charge is -2.42. The van der Waals surface area contributed by atoms with Crippen LogP contribution in [-0.4, -0.2) is 142 Å². The zero-order valence-corrected chi connectivity index (χ0v) is 42.4. The van der Waals surface area contributed by atoms with Crippen molar-refractivity contribution in [2.24, 2.45) is 0 Å². The molecule has 0 bridgehead atoms. The molecule has 2 aliphatic rings. The van der Waals surface area contributed by atoms with Crippen LogP contribution in [0.15, 0.2) is 0 Å². The Bertz CT molecular complexity index is 1120. The fourth-order valence-corrected chi connectivity index (χ4v) is 9.11. The Morgan fingerprint density at radius 1 is 0.433 bits per heavy atom. The van der Waals surface area contributed by atoms with Gasteiger partial charge in [0.2, 0.25) is 0 Å². The number of esters is 1. The highest BCUT2D eigenvalue weighted by Gasteiger charge is 2.47. The van der Waals surface area contributed by atoms with Crippen molar-refractivity contribution in [3.05, 3.63) is 0 Å². The third-order valence-electron chi connectivity index (χ3n) is 13.6. The van der Waals surface area contributed by atoms with E-state index in [2.05, 4.69) is 13.8 Å². The van der Waals surface area contributed by atoms with E-state index in [0.29, 0.717) is 13.0 Å². The average molecular weight is 963 g/mol.